The lowest BCUT2D eigenvalue weighted by Crippen LogP contribution is -2.36. The number of carbonyl (C=O) groups is 1. The number of phenolic OH excluding ortho intramolecular Hbond substituents is 2. The van der Waals surface area contributed by atoms with Gasteiger partial charge in [-0.15, -0.1) is 0 Å². The third kappa shape index (κ3) is 2.72. The molecule has 1 amide bonds. The van der Waals surface area contributed by atoms with Gasteiger partial charge in [0.1, 0.15) is 16.9 Å². The molecular weight excluding hydrogens is 380 g/mol. The number of fused-ring (bicyclic) bond motifs is 1. The van der Waals surface area contributed by atoms with Crippen LogP contribution in [0.1, 0.15) is 16.7 Å². The second-order valence-corrected chi connectivity index (χ2v) is 7.60. The molecule has 0 bridgehead atoms. The van der Waals surface area contributed by atoms with Gasteiger partial charge in [0, 0.05) is 18.7 Å². The van der Waals surface area contributed by atoms with Crippen molar-refractivity contribution in [3.8, 4) is 11.5 Å². The van der Waals surface area contributed by atoms with Gasteiger partial charge in [-0.1, -0.05) is 36.4 Å². The predicted octanol–water partition coefficient (Wildman–Crippen LogP) is 3.22. The van der Waals surface area contributed by atoms with Crippen LogP contribution in [0.3, 0.4) is 0 Å². The van der Waals surface area contributed by atoms with Crippen molar-refractivity contribution in [1.82, 2.24) is 0 Å². The zero-order valence-electron chi connectivity index (χ0n) is 16.3. The number of para-hydroxylation sites is 1. The van der Waals surface area contributed by atoms with E-state index in [2.05, 4.69) is 10.2 Å². The molecule has 3 aromatic rings. The highest BCUT2D eigenvalue weighted by atomic mass is 16.5. The molecular formula is C24H22N2O4. The molecule has 5 rings (SSSR count). The van der Waals surface area contributed by atoms with Crippen molar-refractivity contribution in [1.29, 1.82) is 0 Å². The van der Waals surface area contributed by atoms with Crippen LogP contribution in [-0.4, -0.2) is 42.4 Å². The van der Waals surface area contributed by atoms with Gasteiger partial charge in [-0.3, -0.25) is 4.79 Å². The fraction of sp³-hybridized carbons (Fsp3) is 0.208. The Kier molecular flexibility index (Phi) is 4.37. The summed E-state index contributed by atoms with van der Waals surface area (Å²) in [5.41, 5.74) is 3.05. The van der Waals surface area contributed by atoms with E-state index in [4.69, 9.17) is 4.74 Å². The minimum absolute atomic E-state index is 0.139. The minimum atomic E-state index is -1.08. The van der Waals surface area contributed by atoms with Crippen molar-refractivity contribution in [3.05, 3.63) is 83.4 Å². The van der Waals surface area contributed by atoms with Crippen molar-refractivity contribution in [2.45, 2.75) is 5.41 Å². The maximum Gasteiger partial charge on any atom is 0.244 e. The first-order valence-electron chi connectivity index (χ1n) is 9.97. The Morgan fingerprint density at radius 3 is 1.97 bits per heavy atom. The van der Waals surface area contributed by atoms with Gasteiger partial charge in [0.15, 0.2) is 0 Å². The highest BCUT2D eigenvalue weighted by molar-refractivity contribution is 6.13. The Bertz CT molecular complexity index is 1040. The Balaban J connectivity index is 1.76. The van der Waals surface area contributed by atoms with Crippen LogP contribution >= 0.6 is 0 Å². The number of carbonyl (C=O) groups excluding carboxylic acids is 1. The van der Waals surface area contributed by atoms with Gasteiger partial charge in [0.05, 0.1) is 24.6 Å². The van der Waals surface area contributed by atoms with E-state index in [1.54, 1.807) is 48.5 Å². The van der Waals surface area contributed by atoms with Crippen molar-refractivity contribution in [2.24, 2.45) is 0 Å². The van der Waals surface area contributed by atoms with Crippen LogP contribution in [0.25, 0.3) is 0 Å². The zero-order valence-corrected chi connectivity index (χ0v) is 16.3. The first-order chi connectivity index (χ1) is 14.6. The molecule has 0 aromatic heterocycles. The van der Waals surface area contributed by atoms with Gasteiger partial charge in [-0.05, 0) is 41.5 Å². The fourth-order valence-corrected chi connectivity index (χ4v) is 4.54. The summed E-state index contributed by atoms with van der Waals surface area (Å²) in [6.45, 7) is 2.83. The lowest BCUT2D eigenvalue weighted by atomic mass is 9.70. The summed E-state index contributed by atoms with van der Waals surface area (Å²) in [5.74, 6) is 0.121. The van der Waals surface area contributed by atoms with Crippen LogP contribution in [0.4, 0.5) is 11.4 Å². The molecule has 2 aliphatic heterocycles. The third-order valence-corrected chi connectivity index (χ3v) is 5.98. The molecule has 2 heterocycles. The van der Waals surface area contributed by atoms with Gasteiger partial charge in [-0.25, -0.2) is 0 Å². The van der Waals surface area contributed by atoms with Gasteiger partial charge in [0.25, 0.3) is 0 Å². The van der Waals surface area contributed by atoms with Crippen LogP contribution in [0.15, 0.2) is 66.7 Å². The normalized spacial score (nSPS) is 17.5. The monoisotopic (exact) mass is 402 g/mol. The Morgan fingerprint density at radius 1 is 0.833 bits per heavy atom. The highest BCUT2D eigenvalue weighted by Gasteiger charge is 2.50. The summed E-state index contributed by atoms with van der Waals surface area (Å²) in [4.78, 5) is 15.9. The molecule has 6 heteroatoms. The number of aromatic hydroxyl groups is 2. The maximum atomic E-state index is 13.7. The predicted molar refractivity (Wildman–Crippen MR) is 114 cm³/mol. The number of nitrogens with zero attached hydrogens (tertiary/aromatic N) is 1. The number of morpholine rings is 1. The molecule has 0 atom stereocenters. The quantitative estimate of drug-likeness (QED) is 0.627. The SMILES string of the molecule is O=C1Nc2c(N3CCOCC3)cccc2C1(c1ccc(O)cc1)c1ccc(O)cc1. The molecule has 0 radical (unpaired) electrons. The van der Waals surface area contributed by atoms with E-state index in [1.165, 1.54) is 0 Å². The molecule has 0 unspecified atom stereocenters. The van der Waals surface area contributed by atoms with E-state index < -0.39 is 5.41 Å². The average Bonchev–Trinajstić information content (AvgIpc) is 3.08. The summed E-state index contributed by atoms with van der Waals surface area (Å²) in [7, 11) is 0. The first kappa shape index (κ1) is 18.5. The Morgan fingerprint density at radius 2 is 1.40 bits per heavy atom. The topological polar surface area (TPSA) is 82.0 Å². The van der Waals surface area contributed by atoms with Gasteiger partial charge in [-0.2, -0.15) is 0 Å². The number of hydrogen-bond donors (Lipinski definition) is 3. The molecule has 3 aromatic carbocycles. The molecule has 152 valence electrons. The molecule has 1 saturated heterocycles. The van der Waals surface area contributed by atoms with Crippen LogP contribution in [0.2, 0.25) is 0 Å². The molecule has 30 heavy (non-hydrogen) atoms. The van der Waals surface area contributed by atoms with E-state index in [9.17, 15) is 15.0 Å². The van der Waals surface area contributed by atoms with Gasteiger partial charge >= 0.3 is 0 Å². The van der Waals surface area contributed by atoms with Crippen LogP contribution in [0, 0.1) is 0 Å². The summed E-state index contributed by atoms with van der Waals surface area (Å²) in [6.07, 6.45) is 0. The number of amides is 1. The third-order valence-electron chi connectivity index (χ3n) is 5.98. The first-order valence-corrected chi connectivity index (χ1v) is 9.97. The average molecular weight is 402 g/mol. The van der Waals surface area contributed by atoms with E-state index >= 15 is 0 Å². The number of ether oxygens (including phenoxy) is 1. The molecule has 3 N–H and O–H groups in total. The molecule has 0 aliphatic carbocycles. The van der Waals surface area contributed by atoms with Crippen molar-refractivity contribution >= 4 is 17.3 Å². The Hall–Kier alpha value is -3.51. The standard InChI is InChI=1S/C24H22N2O4/c27-18-8-4-16(5-9-18)24(17-6-10-19(28)11-7-17)20-2-1-3-21(22(20)25-23(24)29)26-12-14-30-15-13-26/h1-11,27-28H,12-15H2,(H,25,29). The van der Waals surface area contributed by atoms with Crippen LogP contribution in [-0.2, 0) is 14.9 Å². The minimum Gasteiger partial charge on any atom is -0.508 e. The lowest BCUT2D eigenvalue weighted by Gasteiger charge is -2.31. The smallest absolute Gasteiger partial charge is 0.244 e. The lowest BCUT2D eigenvalue weighted by molar-refractivity contribution is -0.118. The summed E-state index contributed by atoms with van der Waals surface area (Å²) in [6, 6.07) is 19.4. The molecule has 2 aliphatic rings. The zero-order chi connectivity index (χ0) is 20.7. The second-order valence-electron chi connectivity index (χ2n) is 7.60. The molecule has 0 saturated carbocycles. The van der Waals surface area contributed by atoms with Crippen LogP contribution in [0.5, 0.6) is 11.5 Å². The van der Waals surface area contributed by atoms with E-state index in [0.29, 0.717) is 13.2 Å². The van der Waals surface area contributed by atoms with Crippen molar-refractivity contribution < 1.29 is 19.7 Å². The Labute approximate surface area is 174 Å². The van der Waals surface area contributed by atoms with Gasteiger partial charge < -0.3 is 25.2 Å². The number of hydrogen-bond acceptors (Lipinski definition) is 5. The number of rotatable bonds is 3. The molecule has 6 nitrogen and oxygen atoms in total. The number of anilines is 2. The summed E-state index contributed by atoms with van der Waals surface area (Å²) >= 11 is 0. The second kappa shape index (κ2) is 7.07. The summed E-state index contributed by atoms with van der Waals surface area (Å²) < 4.78 is 5.49. The number of nitrogens with one attached hydrogen (secondary N) is 1. The van der Waals surface area contributed by atoms with E-state index in [1.807, 2.05) is 18.2 Å². The molecule has 1 fully saturated rings. The molecule has 0 spiro atoms. The maximum absolute atomic E-state index is 13.7. The van der Waals surface area contributed by atoms with Crippen LogP contribution < -0.4 is 10.2 Å². The highest BCUT2D eigenvalue weighted by Crippen LogP contribution is 2.51. The van der Waals surface area contributed by atoms with E-state index in [-0.39, 0.29) is 17.4 Å². The number of benzene rings is 3. The largest absolute Gasteiger partial charge is 0.508 e. The van der Waals surface area contributed by atoms with Gasteiger partial charge in [0.2, 0.25) is 5.91 Å². The van der Waals surface area contributed by atoms with E-state index in [0.717, 1.165) is 41.2 Å². The summed E-state index contributed by atoms with van der Waals surface area (Å²) in [5, 5.41) is 22.8. The number of phenols is 2. The van der Waals surface area contributed by atoms with Crippen molar-refractivity contribution in [3.63, 3.8) is 0 Å². The fourth-order valence-electron chi connectivity index (χ4n) is 4.54. The van der Waals surface area contributed by atoms with Crippen molar-refractivity contribution in [2.75, 3.05) is 36.5 Å².